The first-order valence-electron chi connectivity index (χ1n) is 6.13. The summed E-state index contributed by atoms with van der Waals surface area (Å²) in [6.07, 6.45) is 0. The van der Waals surface area contributed by atoms with Crippen LogP contribution in [0, 0.1) is 0 Å². The predicted molar refractivity (Wildman–Crippen MR) is 71.8 cm³/mol. The maximum absolute atomic E-state index is 12.0. The van der Waals surface area contributed by atoms with E-state index in [1.54, 1.807) is 12.1 Å². The summed E-state index contributed by atoms with van der Waals surface area (Å²) in [4.78, 5) is 0. The molecule has 0 radical (unpaired) electrons. The Bertz CT molecular complexity index is 532. The van der Waals surface area contributed by atoms with Crippen molar-refractivity contribution in [2.45, 2.75) is 6.61 Å². The zero-order valence-corrected chi connectivity index (χ0v) is 14.8. The number of ether oxygens (including phenoxy) is 2. The molecule has 2 nitrogen and oxygen atoms in total. The Morgan fingerprint density at radius 3 is 1.81 bits per heavy atom. The van der Waals surface area contributed by atoms with Gasteiger partial charge < -0.3 is 22.4 Å². The molecular weight excluding hydrogens is 307 g/mol. The van der Waals surface area contributed by atoms with Gasteiger partial charge in [0.05, 0.1) is 6.51 Å². The first kappa shape index (κ1) is 18.6. The van der Waals surface area contributed by atoms with Crippen LogP contribution in [0.3, 0.4) is 0 Å². The van der Waals surface area contributed by atoms with Gasteiger partial charge in [-0.05, 0) is 29.8 Å². The predicted octanol–water partition coefficient (Wildman–Crippen LogP) is 1.03. The van der Waals surface area contributed by atoms with Gasteiger partial charge in [-0.25, -0.2) is 0 Å². The second-order valence-corrected chi connectivity index (χ2v) is 4.27. The van der Waals surface area contributed by atoms with Crippen LogP contribution in [0.4, 0.5) is 12.9 Å². The molecule has 0 atom stereocenters. The Morgan fingerprint density at radius 2 is 1.29 bits per heavy atom. The molecule has 0 aliphatic rings. The zero-order chi connectivity index (χ0) is 14.4. The standard InChI is InChI=1S/C14H13BF3O2.K/c16-15(17,18)11-20-14-8-6-13(7-9-14)19-10-12-4-2-1-3-5-12;/h1-9H,10-11H2;/q-1;+1. The monoisotopic (exact) mass is 320 g/mol. The van der Waals surface area contributed by atoms with E-state index in [0.29, 0.717) is 12.4 Å². The summed E-state index contributed by atoms with van der Waals surface area (Å²) in [5, 5.41) is 0. The van der Waals surface area contributed by atoms with Gasteiger partial charge in [-0.3, -0.25) is 0 Å². The van der Waals surface area contributed by atoms with E-state index >= 15 is 0 Å². The van der Waals surface area contributed by atoms with Crippen LogP contribution >= 0.6 is 0 Å². The number of hydrogen-bond acceptors (Lipinski definition) is 2. The maximum atomic E-state index is 12.0. The normalized spacial score (nSPS) is 10.6. The molecule has 0 saturated carbocycles. The summed E-state index contributed by atoms with van der Waals surface area (Å²) in [6.45, 7) is -5.75. The largest absolute Gasteiger partial charge is 1.00 e. The molecule has 0 heterocycles. The Balaban J connectivity index is 0.00000220. The van der Waals surface area contributed by atoms with Crippen molar-refractivity contribution in [3.05, 3.63) is 60.2 Å². The van der Waals surface area contributed by atoms with E-state index in [2.05, 4.69) is 4.74 Å². The second-order valence-electron chi connectivity index (χ2n) is 4.27. The van der Waals surface area contributed by atoms with Gasteiger partial charge in [-0.15, -0.1) is 0 Å². The van der Waals surface area contributed by atoms with E-state index in [9.17, 15) is 12.9 Å². The topological polar surface area (TPSA) is 18.5 Å². The molecule has 2 aromatic rings. The summed E-state index contributed by atoms with van der Waals surface area (Å²) in [6, 6.07) is 15.7. The molecule has 7 heteroatoms. The molecule has 2 rings (SSSR count). The molecule has 0 aliphatic carbocycles. The fraction of sp³-hybridized carbons (Fsp3) is 0.143. The molecule has 0 bridgehead atoms. The third-order valence-electron chi connectivity index (χ3n) is 2.51. The van der Waals surface area contributed by atoms with Gasteiger partial charge in [0, 0.05) is 0 Å². The van der Waals surface area contributed by atoms with Crippen molar-refractivity contribution in [1.82, 2.24) is 0 Å². The Labute approximate surface area is 164 Å². The molecule has 2 aromatic carbocycles. The van der Waals surface area contributed by atoms with Crippen molar-refractivity contribution in [3.8, 4) is 11.5 Å². The summed E-state index contributed by atoms with van der Waals surface area (Å²) < 4.78 is 46.3. The third kappa shape index (κ3) is 7.37. The molecule has 0 spiro atoms. The van der Waals surface area contributed by atoms with Crippen LogP contribution < -0.4 is 60.9 Å². The van der Waals surface area contributed by atoms with Crippen molar-refractivity contribution in [1.29, 1.82) is 0 Å². The van der Waals surface area contributed by atoms with E-state index in [4.69, 9.17) is 4.74 Å². The summed E-state index contributed by atoms with van der Waals surface area (Å²) >= 11 is 0. The fourth-order valence-electron chi connectivity index (χ4n) is 1.56. The molecule has 0 amide bonds. The van der Waals surface area contributed by atoms with Gasteiger partial charge in [-0.2, -0.15) is 0 Å². The van der Waals surface area contributed by atoms with Crippen molar-refractivity contribution >= 4 is 6.98 Å². The minimum absolute atomic E-state index is 0. The van der Waals surface area contributed by atoms with Gasteiger partial charge in [0.2, 0.25) is 0 Å². The average molecular weight is 320 g/mol. The van der Waals surface area contributed by atoms with Crippen LogP contribution in [0.15, 0.2) is 54.6 Å². The zero-order valence-electron chi connectivity index (χ0n) is 11.6. The van der Waals surface area contributed by atoms with Crippen molar-refractivity contribution in [2.24, 2.45) is 0 Å². The molecule has 21 heavy (non-hydrogen) atoms. The maximum Gasteiger partial charge on any atom is 1.00 e. The summed E-state index contributed by atoms with van der Waals surface area (Å²) in [7, 11) is 0. The van der Waals surface area contributed by atoms with E-state index in [-0.39, 0.29) is 57.1 Å². The molecule has 0 fully saturated rings. The first-order chi connectivity index (χ1) is 9.53. The Hall–Kier alpha value is -0.469. The molecule has 0 N–H and O–H groups in total. The van der Waals surface area contributed by atoms with Crippen LogP contribution in [-0.2, 0) is 6.61 Å². The molecule has 0 aliphatic heterocycles. The van der Waals surface area contributed by atoms with Crippen molar-refractivity contribution in [2.75, 3.05) is 6.51 Å². The number of halogens is 3. The van der Waals surface area contributed by atoms with Crippen LogP contribution in [0.1, 0.15) is 5.56 Å². The number of rotatable bonds is 6. The number of benzene rings is 2. The number of hydrogen-bond donors (Lipinski definition) is 0. The van der Waals surface area contributed by atoms with Gasteiger partial charge in [-0.1, -0.05) is 30.3 Å². The van der Waals surface area contributed by atoms with E-state index < -0.39 is 13.5 Å². The second kappa shape index (κ2) is 8.85. The summed E-state index contributed by atoms with van der Waals surface area (Å²) in [5.41, 5.74) is 1.02. The van der Waals surface area contributed by atoms with E-state index in [0.717, 1.165) is 5.56 Å². The van der Waals surface area contributed by atoms with E-state index in [1.165, 1.54) is 12.1 Å². The molecular formula is C14H13BF3KO2. The van der Waals surface area contributed by atoms with Gasteiger partial charge in [0.1, 0.15) is 18.1 Å². The quantitative estimate of drug-likeness (QED) is 0.741. The van der Waals surface area contributed by atoms with Gasteiger partial charge >= 0.3 is 58.4 Å². The van der Waals surface area contributed by atoms with Crippen LogP contribution in [0.25, 0.3) is 0 Å². The molecule has 106 valence electrons. The first-order valence-corrected chi connectivity index (χ1v) is 6.13. The minimum Gasteiger partial charge on any atom is -0.522 e. The molecule has 0 unspecified atom stereocenters. The van der Waals surface area contributed by atoms with Crippen LogP contribution in [0.5, 0.6) is 11.5 Å². The molecule has 0 saturated heterocycles. The molecule has 0 aromatic heterocycles. The summed E-state index contributed by atoms with van der Waals surface area (Å²) in [5.74, 6) is 0.759. The fourth-order valence-corrected chi connectivity index (χ4v) is 1.56. The van der Waals surface area contributed by atoms with Gasteiger partial charge in [0.15, 0.2) is 0 Å². The van der Waals surface area contributed by atoms with Crippen LogP contribution in [0.2, 0.25) is 0 Å². The average Bonchev–Trinajstić information content (AvgIpc) is 2.44. The SMILES string of the molecule is F[B-](F)(F)COc1ccc(OCc2ccccc2)cc1.[K+]. The van der Waals surface area contributed by atoms with Gasteiger partial charge in [0.25, 0.3) is 0 Å². The van der Waals surface area contributed by atoms with Crippen molar-refractivity contribution < 1.29 is 73.8 Å². The Morgan fingerprint density at radius 1 is 0.762 bits per heavy atom. The van der Waals surface area contributed by atoms with Crippen molar-refractivity contribution in [3.63, 3.8) is 0 Å². The third-order valence-corrected chi connectivity index (χ3v) is 2.51. The smallest absolute Gasteiger partial charge is 0.522 e. The minimum atomic E-state index is -4.93. The Kier molecular flexibility index (Phi) is 7.83. The van der Waals surface area contributed by atoms with Crippen LogP contribution in [-0.4, -0.2) is 13.5 Å². The van der Waals surface area contributed by atoms with E-state index in [1.807, 2.05) is 30.3 Å².